The highest BCUT2D eigenvalue weighted by Crippen LogP contribution is 2.59. The second-order valence-corrected chi connectivity index (χ2v) is 11.7. The van der Waals surface area contributed by atoms with Crippen molar-refractivity contribution in [2.24, 2.45) is 5.10 Å². The van der Waals surface area contributed by atoms with Crippen molar-refractivity contribution < 1.29 is 4.79 Å². The summed E-state index contributed by atoms with van der Waals surface area (Å²) in [6, 6.07) is 34.1. The standard InChI is InChI=1S/C29H21N3OS3/c33-28-26(21-25-17-10-20-34-25)35-29(31(28)23-13-6-2-7-14-23)32(24-15-8-3-9-16-24)30-27(36-29)19-18-22-11-4-1-5-12-22/h1-21H/b19-18+,26-21+/t29-/m0/s1. The molecule has 1 spiro atoms. The lowest BCUT2D eigenvalue weighted by atomic mass is 10.2. The molecule has 4 aromatic rings. The van der Waals surface area contributed by atoms with Crippen molar-refractivity contribution in [2.75, 3.05) is 9.91 Å². The molecule has 176 valence electrons. The van der Waals surface area contributed by atoms with Crippen LogP contribution in [0.3, 0.4) is 0 Å². The van der Waals surface area contributed by atoms with Crippen molar-refractivity contribution in [1.29, 1.82) is 0 Å². The van der Waals surface area contributed by atoms with E-state index in [-0.39, 0.29) is 5.91 Å². The fourth-order valence-corrected chi connectivity index (χ4v) is 7.71. The van der Waals surface area contributed by atoms with E-state index in [2.05, 4.69) is 18.2 Å². The van der Waals surface area contributed by atoms with Crippen LogP contribution < -0.4 is 9.91 Å². The third-order valence-corrected chi connectivity index (χ3v) is 9.19. The molecule has 4 nitrogen and oxygen atoms in total. The monoisotopic (exact) mass is 523 g/mol. The lowest BCUT2D eigenvalue weighted by Crippen LogP contribution is -2.51. The van der Waals surface area contributed by atoms with Gasteiger partial charge >= 0.3 is 0 Å². The number of nitrogens with zero attached hydrogens (tertiary/aromatic N) is 3. The van der Waals surface area contributed by atoms with Crippen LogP contribution in [0.25, 0.3) is 12.2 Å². The smallest absolute Gasteiger partial charge is 0.268 e. The van der Waals surface area contributed by atoms with E-state index in [4.69, 9.17) is 5.10 Å². The number of carbonyl (C=O) groups is 1. The second-order valence-electron chi connectivity index (χ2n) is 8.08. The van der Waals surface area contributed by atoms with Crippen LogP contribution in [0, 0.1) is 0 Å². The average molecular weight is 524 g/mol. The van der Waals surface area contributed by atoms with Crippen LogP contribution in [0.5, 0.6) is 0 Å². The Morgan fingerprint density at radius 3 is 2.06 bits per heavy atom. The van der Waals surface area contributed by atoms with Crippen LogP contribution >= 0.6 is 34.9 Å². The molecule has 0 N–H and O–H groups in total. The first kappa shape index (κ1) is 22.9. The van der Waals surface area contributed by atoms with Crippen molar-refractivity contribution in [3.63, 3.8) is 0 Å². The van der Waals surface area contributed by atoms with E-state index in [1.807, 2.05) is 118 Å². The van der Waals surface area contributed by atoms with Crippen LogP contribution in [-0.2, 0) is 4.79 Å². The molecule has 1 aromatic heterocycles. The normalized spacial score (nSPS) is 20.7. The van der Waals surface area contributed by atoms with Gasteiger partial charge in [0, 0.05) is 10.6 Å². The molecule has 7 heteroatoms. The van der Waals surface area contributed by atoms with E-state index >= 15 is 0 Å². The molecule has 0 unspecified atom stereocenters. The van der Waals surface area contributed by atoms with E-state index < -0.39 is 4.33 Å². The van der Waals surface area contributed by atoms with Crippen LogP contribution in [0.2, 0.25) is 0 Å². The molecule has 2 aliphatic rings. The molecule has 6 rings (SSSR count). The topological polar surface area (TPSA) is 35.9 Å². The lowest BCUT2D eigenvalue weighted by Gasteiger charge is -2.38. The van der Waals surface area contributed by atoms with Gasteiger partial charge in [0.1, 0.15) is 5.04 Å². The summed E-state index contributed by atoms with van der Waals surface area (Å²) in [5, 5.41) is 9.88. The summed E-state index contributed by atoms with van der Waals surface area (Å²) in [5.74, 6) is -0.0310. The van der Waals surface area contributed by atoms with Gasteiger partial charge in [0.25, 0.3) is 5.91 Å². The molecule has 0 bridgehead atoms. The Hall–Kier alpha value is -3.52. The highest BCUT2D eigenvalue weighted by atomic mass is 32.2. The Bertz CT molecular complexity index is 1450. The van der Waals surface area contributed by atoms with Gasteiger partial charge in [-0.25, -0.2) is 5.01 Å². The van der Waals surface area contributed by atoms with Crippen molar-refractivity contribution in [2.45, 2.75) is 4.33 Å². The number of para-hydroxylation sites is 2. The van der Waals surface area contributed by atoms with Crippen molar-refractivity contribution in [1.82, 2.24) is 0 Å². The maximum atomic E-state index is 14.0. The molecule has 0 radical (unpaired) electrons. The molecule has 1 saturated heterocycles. The van der Waals surface area contributed by atoms with Gasteiger partial charge in [-0.1, -0.05) is 90.6 Å². The van der Waals surface area contributed by atoms with Gasteiger partial charge in [-0.3, -0.25) is 9.69 Å². The molecule has 3 aromatic carbocycles. The van der Waals surface area contributed by atoms with Crippen LogP contribution in [0.15, 0.2) is 125 Å². The van der Waals surface area contributed by atoms with E-state index in [9.17, 15) is 4.79 Å². The summed E-state index contributed by atoms with van der Waals surface area (Å²) < 4.78 is -0.834. The van der Waals surface area contributed by atoms with Crippen molar-refractivity contribution >= 4 is 69.3 Å². The number of hydrazone groups is 1. The molecule has 36 heavy (non-hydrogen) atoms. The first-order valence-corrected chi connectivity index (χ1v) is 13.9. The zero-order chi connectivity index (χ0) is 24.4. The summed E-state index contributed by atoms with van der Waals surface area (Å²) >= 11 is 4.75. The van der Waals surface area contributed by atoms with Gasteiger partial charge in [0.15, 0.2) is 0 Å². The molecule has 0 aliphatic carbocycles. The quantitative estimate of drug-likeness (QED) is 0.251. The predicted molar refractivity (Wildman–Crippen MR) is 156 cm³/mol. The minimum atomic E-state index is -0.834. The molecule has 3 heterocycles. The van der Waals surface area contributed by atoms with Gasteiger partial charge in [0.05, 0.1) is 10.6 Å². The van der Waals surface area contributed by atoms with Gasteiger partial charge in [-0.2, -0.15) is 5.10 Å². The first-order valence-electron chi connectivity index (χ1n) is 11.4. The SMILES string of the molecule is O=C1/C(=C\c2cccs2)S[C@]2(SC(/C=C/c3ccccc3)=NN2c2ccccc2)N1c1ccccc1. The first-order chi connectivity index (χ1) is 17.7. The number of benzene rings is 3. The molecule has 1 fully saturated rings. The number of anilines is 2. The minimum absolute atomic E-state index is 0.0310. The Labute approximate surface area is 222 Å². The number of rotatable bonds is 5. The number of amides is 1. The Morgan fingerprint density at radius 1 is 0.722 bits per heavy atom. The summed E-state index contributed by atoms with van der Waals surface area (Å²) in [6.45, 7) is 0. The second kappa shape index (κ2) is 9.85. The largest absolute Gasteiger partial charge is 0.268 e. The maximum Gasteiger partial charge on any atom is 0.268 e. The number of thioether (sulfide) groups is 2. The zero-order valence-corrected chi connectivity index (χ0v) is 21.5. The fourth-order valence-electron chi connectivity index (χ4n) is 4.08. The van der Waals surface area contributed by atoms with Crippen molar-refractivity contribution in [3.8, 4) is 0 Å². The summed E-state index contributed by atoms with van der Waals surface area (Å²) in [7, 11) is 0. The molecule has 1 atom stereocenters. The van der Waals surface area contributed by atoms with E-state index in [1.165, 1.54) is 0 Å². The minimum Gasteiger partial charge on any atom is -0.268 e. The van der Waals surface area contributed by atoms with Gasteiger partial charge in [-0.05, 0) is 65.2 Å². The van der Waals surface area contributed by atoms with Crippen LogP contribution in [-0.4, -0.2) is 15.3 Å². The summed E-state index contributed by atoms with van der Waals surface area (Å²) in [5.41, 5.74) is 2.86. The Morgan fingerprint density at radius 2 is 1.39 bits per heavy atom. The van der Waals surface area contributed by atoms with E-state index in [1.54, 1.807) is 34.9 Å². The molecular weight excluding hydrogens is 503 g/mol. The number of hydrogen-bond acceptors (Lipinski definition) is 6. The highest BCUT2D eigenvalue weighted by Gasteiger charge is 2.58. The zero-order valence-electron chi connectivity index (χ0n) is 19.1. The predicted octanol–water partition coefficient (Wildman–Crippen LogP) is 7.76. The molecular formula is C29H21N3OS3. The van der Waals surface area contributed by atoms with Gasteiger partial charge in [0.2, 0.25) is 4.33 Å². The Kier molecular flexibility index (Phi) is 6.27. The lowest BCUT2D eigenvalue weighted by molar-refractivity contribution is -0.114. The average Bonchev–Trinajstić information content (AvgIpc) is 3.63. The van der Waals surface area contributed by atoms with E-state index in [0.29, 0.717) is 4.91 Å². The number of hydrogen-bond donors (Lipinski definition) is 0. The number of thiophene rings is 1. The summed E-state index contributed by atoms with van der Waals surface area (Å²) in [6.07, 6.45) is 6.08. The molecule has 1 amide bonds. The third kappa shape index (κ3) is 4.30. The number of carbonyl (C=O) groups excluding carboxylic acids is 1. The fraction of sp³-hybridized carbons (Fsp3) is 0.0345. The van der Waals surface area contributed by atoms with Gasteiger partial charge < -0.3 is 0 Å². The van der Waals surface area contributed by atoms with Crippen LogP contribution in [0.4, 0.5) is 11.4 Å². The van der Waals surface area contributed by atoms with E-state index in [0.717, 1.165) is 26.9 Å². The maximum absolute atomic E-state index is 14.0. The van der Waals surface area contributed by atoms with Crippen molar-refractivity contribution in [3.05, 3.63) is 130 Å². The summed E-state index contributed by atoms with van der Waals surface area (Å²) in [4.78, 5) is 17.6. The Balaban J connectivity index is 1.47. The third-order valence-electron chi connectivity index (χ3n) is 5.69. The molecule has 0 saturated carbocycles. The molecule has 2 aliphatic heterocycles. The van der Waals surface area contributed by atoms with Gasteiger partial charge in [-0.15, -0.1) is 11.3 Å². The highest BCUT2D eigenvalue weighted by molar-refractivity contribution is 8.28. The van der Waals surface area contributed by atoms with Crippen LogP contribution in [0.1, 0.15) is 10.4 Å².